The summed E-state index contributed by atoms with van der Waals surface area (Å²) in [5.41, 5.74) is 6.86. The normalized spacial score (nSPS) is 15.7. The Morgan fingerprint density at radius 1 is 1.42 bits per heavy atom. The molecule has 1 amide bonds. The van der Waals surface area contributed by atoms with Crippen LogP contribution in [0.1, 0.15) is 36.4 Å². The van der Waals surface area contributed by atoms with E-state index in [9.17, 15) is 4.79 Å². The van der Waals surface area contributed by atoms with Crippen molar-refractivity contribution in [2.24, 2.45) is 5.92 Å². The lowest BCUT2D eigenvalue weighted by atomic mass is 9.99. The Bertz CT molecular complexity index is 645. The standard InChI is InChI=1S/C13H16N4OS/c1-13(2,7-3-4-7)17-11(18)10-8(14)9-12(19-10)16-6-5-15-9/h5-7H,3-4,14H2,1-2H3,(H,17,18). The van der Waals surface area contributed by atoms with Crippen LogP contribution in [-0.2, 0) is 0 Å². The van der Waals surface area contributed by atoms with E-state index >= 15 is 0 Å². The molecule has 2 heterocycles. The molecule has 5 nitrogen and oxygen atoms in total. The minimum Gasteiger partial charge on any atom is -0.396 e. The van der Waals surface area contributed by atoms with Gasteiger partial charge >= 0.3 is 0 Å². The molecule has 0 aromatic carbocycles. The van der Waals surface area contributed by atoms with Gasteiger partial charge in [0.25, 0.3) is 5.91 Å². The van der Waals surface area contributed by atoms with Gasteiger partial charge in [-0.1, -0.05) is 0 Å². The van der Waals surface area contributed by atoms with Crippen LogP contribution in [0, 0.1) is 5.92 Å². The highest BCUT2D eigenvalue weighted by molar-refractivity contribution is 7.21. The van der Waals surface area contributed by atoms with E-state index in [2.05, 4.69) is 29.1 Å². The maximum Gasteiger partial charge on any atom is 0.264 e. The minimum atomic E-state index is -0.180. The maximum absolute atomic E-state index is 12.3. The molecule has 1 saturated carbocycles. The van der Waals surface area contributed by atoms with Crippen molar-refractivity contribution in [1.82, 2.24) is 15.3 Å². The van der Waals surface area contributed by atoms with Gasteiger partial charge in [-0.2, -0.15) is 0 Å². The third-order valence-electron chi connectivity index (χ3n) is 3.60. The van der Waals surface area contributed by atoms with Crippen molar-refractivity contribution in [3.05, 3.63) is 17.3 Å². The molecular formula is C13H16N4OS. The molecule has 6 heteroatoms. The summed E-state index contributed by atoms with van der Waals surface area (Å²) in [6.45, 7) is 4.12. The van der Waals surface area contributed by atoms with Crippen LogP contribution in [0.5, 0.6) is 0 Å². The van der Waals surface area contributed by atoms with Crippen molar-refractivity contribution in [3.63, 3.8) is 0 Å². The van der Waals surface area contributed by atoms with Crippen LogP contribution in [0.4, 0.5) is 5.69 Å². The SMILES string of the molecule is CC(C)(NC(=O)c1sc2nccnc2c1N)C1CC1. The summed E-state index contributed by atoms with van der Waals surface area (Å²) < 4.78 is 0. The number of carbonyl (C=O) groups is 1. The monoisotopic (exact) mass is 276 g/mol. The number of rotatable bonds is 3. The number of thiophene rings is 1. The molecule has 19 heavy (non-hydrogen) atoms. The van der Waals surface area contributed by atoms with E-state index < -0.39 is 0 Å². The third-order valence-corrected chi connectivity index (χ3v) is 4.70. The first-order chi connectivity index (χ1) is 8.99. The Morgan fingerprint density at radius 3 is 2.74 bits per heavy atom. The zero-order valence-electron chi connectivity index (χ0n) is 10.9. The van der Waals surface area contributed by atoms with E-state index in [0.29, 0.717) is 26.8 Å². The molecule has 0 radical (unpaired) electrons. The molecule has 1 aliphatic carbocycles. The van der Waals surface area contributed by atoms with Crippen molar-refractivity contribution in [1.29, 1.82) is 0 Å². The first-order valence-corrected chi connectivity index (χ1v) is 7.12. The second kappa shape index (κ2) is 4.16. The van der Waals surface area contributed by atoms with Gasteiger partial charge in [0.05, 0.1) is 5.69 Å². The molecule has 0 unspecified atom stereocenters. The molecule has 3 rings (SSSR count). The number of aromatic nitrogens is 2. The van der Waals surface area contributed by atoms with Gasteiger partial charge in [-0.15, -0.1) is 11.3 Å². The lowest BCUT2D eigenvalue weighted by Gasteiger charge is -2.25. The van der Waals surface area contributed by atoms with Crippen LogP contribution in [-0.4, -0.2) is 21.4 Å². The lowest BCUT2D eigenvalue weighted by Crippen LogP contribution is -2.45. The highest BCUT2D eigenvalue weighted by atomic mass is 32.1. The summed E-state index contributed by atoms with van der Waals surface area (Å²) in [4.78, 5) is 21.9. The van der Waals surface area contributed by atoms with E-state index in [0.717, 1.165) is 0 Å². The Kier molecular flexibility index (Phi) is 2.70. The summed E-state index contributed by atoms with van der Waals surface area (Å²) >= 11 is 1.29. The molecule has 0 atom stereocenters. The van der Waals surface area contributed by atoms with Crippen molar-refractivity contribution in [3.8, 4) is 0 Å². The molecule has 2 aromatic rings. The van der Waals surface area contributed by atoms with E-state index in [-0.39, 0.29) is 11.4 Å². The molecule has 1 aliphatic rings. The van der Waals surface area contributed by atoms with Crippen LogP contribution in [0.3, 0.4) is 0 Å². The zero-order chi connectivity index (χ0) is 13.6. The predicted molar refractivity (Wildman–Crippen MR) is 76.1 cm³/mol. The van der Waals surface area contributed by atoms with Gasteiger partial charge in [0.2, 0.25) is 0 Å². The van der Waals surface area contributed by atoms with Crippen molar-refractivity contribution < 1.29 is 4.79 Å². The number of hydrogen-bond donors (Lipinski definition) is 2. The Balaban J connectivity index is 1.91. The van der Waals surface area contributed by atoms with Crippen LogP contribution in [0.2, 0.25) is 0 Å². The van der Waals surface area contributed by atoms with Crippen molar-refractivity contribution >= 4 is 33.3 Å². The topological polar surface area (TPSA) is 80.9 Å². The molecule has 3 N–H and O–H groups in total. The van der Waals surface area contributed by atoms with E-state index in [1.54, 1.807) is 12.4 Å². The fourth-order valence-electron chi connectivity index (χ4n) is 2.27. The highest BCUT2D eigenvalue weighted by Crippen LogP contribution is 2.40. The van der Waals surface area contributed by atoms with E-state index in [1.807, 2.05) is 0 Å². The molecule has 0 saturated heterocycles. The third kappa shape index (κ3) is 2.16. The first-order valence-electron chi connectivity index (χ1n) is 6.30. The van der Waals surface area contributed by atoms with Gasteiger partial charge in [0.1, 0.15) is 15.2 Å². The Hall–Kier alpha value is -1.69. The van der Waals surface area contributed by atoms with Crippen LogP contribution in [0.15, 0.2) is 12.4 Å². The quantitative estimate of drug-likeness (QED) is 0.900. The summed E-state index contributed by atoms with van der Waals surface area (Å²) in [6.07, 6.45) is 5.55. The second-order valence-electron chi connectivity index (χ2n) is 5.51. The van der Waals surface area contributed by atoms with Crippen LogP contribution < -0.4 is 11.1 Å². The number of nitrogen functional groups attached to an aromatic ring is 1. The van der Waals surface area contributed by atoms with Gasteiger partial charge in [-0.05, 0) is 32.6 Å². The van der Waals surface area contributed by atoms with Gasteiger partial charge in [-0.25, -0.2) is 9.97 Å². The summed E-state index contributed by atoms with van der Waals surface area (Å²) in [7, 11) is 0. The molecule has 0 spiro atoms. The molecule has 0 bridgehead atoms. The van der Waals surface area contributed by atoms with Crippen LogP contribution >= 0.6 is 11.3 Å². The lowest BCUT2D eigenvalue weighted by molar-refractivity contribution is 0.0908. The molecule has 1 fully saturated rings. The number of hydrogen-bond acceptors (Lipinski definition) is 5. The largest absolute Gasteiger partial charge is 0.396 e. The van der Waals surface area contributed by atoms with Crippen molar-refractivity contribution in [2.45, 2.75) is 32.2 Å². The fourth-order valence-corrected chi connectivity index (χ4v) is 3.19. The number of nitrogens with zero attached hydrogens (tertiary/aromatic N) is 2. The average molecular weight is 276 g/mol. The van der Waals surface area contributed by atoms with E-state index in [4.69, 9.17) is 5.73 Å². The average Bonchev–Trinajstić information content (AvgIpc) is 3.16. The van der Waals surface area contributed by atoms with Gasteiger partial charge in [0.15, 0.2) is 0 Å². The van der Waals surface area contributed by atoms with Gasteiger partial charge in [0, 0.05) is 17.9 Å². The minimum absolute atomic E-state index is 0.126. The molecular weight excluding hydrogens is 260 g/mol. The summed E-state index contributed by atoms with van der Waals surface area (Å²) in [5, 5.41) is 3.07. The fraction of sp³-hybridized carbons (Fsp3) is 0.462. The smallest absolute Gasteiger partial charge is 0.264 e. The number of amides is 1. The molecule has 100 valence electrons. The number of fused-ring (bicyclic) bond motifs is 1. The summed E-state index contributed by atoms with van der Waals surface area (Å²) in [6, 6.07) is 0. The molecule has 2 aromatic heterocycles. The van der Waals surface area contributed by atoms with E-state index in [1.165, 1.54) is 24.2 Å². The number of nitrogens with one attached hydrogen (secondary N) is 1. The second-order valence-corrected chi connectivity index (χ2v) is 6.50. The van der Waals surface area contributed by atoms with Crippen molar-refractivity contribution in [2.75, 3.05) is 5.73 Å². The summed E-state index contributed by atoms with van der Waals surface area (Å²) in [5.74, 6) is 0.447. The first kappa shape index (κ1) is 12.3. The molecule has 0 aliphatic heterocycles. The van der Waals surface area contributed by atoms with Crippen LogP contribution in [0.25, 0.3) is 10.3 Å². The zero-order valence-corrected chi connectivity index (χ0v) is 11.8. The van der Waals surface area contributed by atoms with Gasteiger partial charge in [-0.3, -0.25) is 4.79 Å². The number of nitrogens with two attached hydrogens (primary N) is 1. The Morgan fingerprint density at radius 2 is 2.11 bits per heavy atom. The van der Waals surface area contributed by atoms with Gasteiger partial charge < -0.3 is 11.1 Å². The highest BCUT2D eigenvalue weighted by Gasteiger charge is 2.39. The number of anilines is 1. The predicted octanol–water partition coefficient (Wildman–Crippen LogP) is 2.19. The maximum atomic E-state index is 12.3. The number of carbonyl (C=O) groups excluding carboxylic acids is 1. The Labute approximate surface area is 115 Å².